The van der Waals surface area contributed by atoms with Crippen LogP contribution in [0.15, 0.2) is 70.1 Å². The molecule has 0 radical (unpaired) electrons. The monoisotopic (exact) mass is 556 g/mol. The number of urea groups is 1. The Morgan fingerprint density at radius 1 is 1.20 bits per heavy atom. The number of anilines is 1. The third-order valence-electron chi connectivity index (χ3n) is 7.53. The number of benzene rings is 2. The molecule has 0 bridgehead atoms. The molecular weight excluding hydrogens is 524 g/mol. The highest BCUT2D eigenvalue weighted by Crippen LogP contribution is 2.32. The minimum absolute atomic E-state index is 0.00788. The van der Waals surface area contributed by atoms with Gasteiger partial charge in [-0.2, -0.15) is 10.2 Å². The zero-order valence-electron chi connectivity index (χ0n) is 23.1. The first-order valence-electron chi connectivity index (χ1n) is 13.4. The Morgan fingerprint density at radius 3 is 2.78 bits per heavy atom. The number of para-hydroxylation sites is 1. The Bertz CT molecular complexity index is 1730. The molecule has 2 atom stereocenters. The van der Waals surface area contributed by atoms with E-state index in [4.69, 9.17) is 14.3 Å². The van der Waals surface area contributed by atoms with Crippen LogP contribution in [0.1, 0.15) is 17.0 Å². The van der Waals surface area contributed by atoms with Crippen molar-refractivity contribution in [2.45, 2.75) is 18.9 Å². The van der Waals surface area contributed by atoms with Gasteiger partial charge >= 0.3 is 11.8 Å². The van der Waals surface area contributed by atoms with Gasteiger partial charge in [-0.15, -0.1) is 0 Å². The van der Waals surface area contributed by atoms with Crippen molar-refractivity contribution in [1.82, 2.24) is 34.8 Å². The molecule has 2 amide bonds. The molecule has 6 rings (SSSR count). The summed E-state index contributed by atoms with van der Waals surface area (Å²) in [6, 6.07) is 14.8. The van der Waals surface area contributed by atoms with Gasteiger partial charge in [-0.05, 0) is 36.8 Å². The van der Waals surface area contributed by atoms with Gasteiger partial charge in [-0.25, -0.2) is 14.3 Å². The van der Waals surface area contributed by atoms with Crippen molar-refractivity contribution in [3.8, 4) is 16.9 Å². The van der Waals surface area contributed by atoms with Crippen molar-refractivity contribution in [3.63, 3.8) is 0 Å². The highest BCUT2D eigenvalue weighted by atomic mass is 16.5. The van der Waals surface area contributed by atoms with E-state index >= 15 is 0 Å². The molecule has 1 fully saturated rings. The van der Waals surface area contributed by atoms with Crippen molar-refractivity contribution in [2.24, 2.45) is 7.05 Å². The quantitative estimate of drug-likeness (QED) is 0.267. The fraction of sp³-hybridized carbons (Fsp3) is 0.310. The first kappa shape index (κ1) is 26.5. The minimum Gasteiger partial charge on any atom is -0.408 e. The average Bonchev–Trinajstić information content (AvgIpc) is 3.73. The molecule has 0 aliphatic carbocycles. The van der Waals surface area contributed by atoms with Crippen molar-refractivity contribution in [3.05, 3.63) is 82.6 Å². The van der Waals surface area contributed by atoms with E-state index in [1.54, 1.807) is 28.7 Å². The van der Waals surface area contributed by atoms with Crippen LogP contribution in [0.5, 0.6) is 0 Å². The molecule has 3 aromatic heterocycles. The largest absolute Gasteiger partial charge is 0.417 e. The lowest BCUT2D eigenvalue weighted by Gasteiger charge is -2.21. The number of ether oxygens (including phenoxy) is 1. The number of likely N-dealkylation sites (tertiary alicyclic amines) is 1. The van der Waals surface area contributed by atoms with Gasteiger partial charge < -0.3 is 14.5 Å². The Kier molecular flexibility index (Phi) is 7.16. The number of amides is 2. The first-order chi connectivity index (χ1) is 19.9. The van der Waals surface area contributed by atoms with Crippen molar-refractivity contribution in [2.75, 3.05) is 38.7 Å². The van der Waals surface area contributed by atoms with E-state index in [0.717, 1.165) is 41.2 Å². The number of carbonyl (C=O) groups is 1. The summed E-state index contributed by atoms with van der Waals surface area (Å²) in [5.74, 6) is 0.0811. The number of methoxy groups -OCH3 is 1. The second kappa shape index (κ2) is 11.1. The van der Waals surface area contributed by atoms with E-state index in [0.29, 0.717) is 30.1 Å². The molecule has 12 nitrogen and oxygen atoms in total. The van der Waals surface area contributed by atoms with E-state index in [-0.39, 0.29) is 18.0 Å². The molecule has 0 saturated carbocycles. The van der Waals surface area contributed by atoms with Crippen molar-refractivity contribution >= 4 is 22.9 Å². The second-order valence-electron chi connectivity index (χ2n) is 10.3. The summed E-state index contributed by atoms with van der Waals surface area (Å²) in [5, 5.41) is 15.4. The summed E-state index contributed by atoms with van der Waals surface area (Å²) in [4.78, 5) is 30.3. The average molecular weight is 557 g/mol. The zero-order chi connectivity index (χ0) is 28.5. The number of rotatable bonds is 8. The Hall–Kier alpha value is -4.68. The van der Waals surface area contributed by atoms with Crippen LogP contribution in [0.3, 0.4) is 0 Å². The number of fused-ring (bicyclic) bond motifs is 1. The highest BCUT2D eigenvalue weighted by molar-refractivity contribution is 5.91. The van der Waals surface area contributed by atoms with Gasteiger partial charge in [0.2, 0.25) is 0 Å². The van der Waals surface area contributed by atoms with E-state index in [2.05, 4.69) is 25.6 Å². The predicted octanol–water partition coefficient (Wildman–Crippen LogP) is 3.25. The zero-order valence-corrected chi connectivity index (χ0v) is 23.1. The van der Waals surface area contributed by atoms with Crippen LogP contribution in [0.2, 0.25) is 0 Å². The molecule has 4 heterocycles. The molecule has 0 spiro atoms. The lowest BCUT2D eigenvalue weighted by molar-refractivity contribution is 0.159. The number of aromatic nitrogens is 5. The van der Waals surface area contributed by atoms with E-state index in [9.17, 15) is 9.59 Å². The van der Waals surface area contributed by atoms with Crippen LogP contribution in [0.4, 0.5) is 10.6 Å². The number of H-pyrrole nitrogens is 1. The number of hydrogen-bond acceptors (Lipinski definition) is 7. The number of aryl methyl sites for hydroxylation is 1. The van der Waals surface area contributed by atoms with Crippen LogP contribution in [-0.4, -0.2) is 74.9 Å². The lowest BCUT2D eigenvalue weighted by Crippen LogP contribution is -2.42. The number of hydrogen-bond donors (Lipinski definition) is 3. The van der Waals surface area contributed by atoms with E-state index in [1.165, 1.54) is 0 Å². The van der Waals surface area contributed by atoms with Gasteiger partial charge in [0.05, 0.1) is 30.0 Å². The molecule has 12 heteroatoms. The molecule has 2 aromatic carbocycles. The Morgan fingerprint density at radius 2 is 2.02 bits per heavy atom. The summed E-state index contributed by atoms with van der Waals surface area (Å²) in [6.07, 6.45) is 3.66. The number of oxazole rings is 1. The third kappa shape index (κ3) is 5.39. The molecule has 212 valence electrons. The van der Waals surface area contributed by atoms with Crippen molar-refractivity contribution in [1.29, 1.82) is 0 Å². The lowest BCUT2D eigenvalue weighted by atomic mass is 9.94. The van der Waals surface area contributed by atoms with Gasteiger partial charge in [0.25, 0.3) is 0 Å². The third-order valence-corrected chi connectivity index (χ3v) is 7.53. The van der Waals surface area contributed by atoms with Crippen LogP contribution < -0.4 is 16.4 Å². The van der Waals surface area contributed by atoms with Gasteiger partial charge in [-0.3, -0.25) is 19.9 Å². The van der Waals surface area contributed by atoms with Gasteiger partial charge in [0.1, 0.15) is 11.5 Å². The maximum atomic E-state index is 13.6. The molecule has 0 unspecified atom stereocenters. The number of carbonyl (C=O) groups excluding carboxylic acids is 1. The van der Waals surface area contributed by atoms with Gasteiger partial charge in [-0.1, -0.05) is 24.3 Å². The molecule has 1 saturated heterocycles. The standard InChI is InChI=1S/C29H32N8O4/c1-18-26(20-14-30-35(2)15-20)34-37(21-7-5-4-6-8-21)27(18)33-28(38)31-24-17-36(11-12-40-3)16-22(24)19-9-10-25-23(13-19)32-29(39)41-25/h4-10,13-15,22,24H,11-12,16-17H2,1-3H3,(H,32,39)(H2,31,33,38)/t22-,24+/m0/s1. The summed E-state index contributed by atoms with van der Waals surface area (Å²) in [5.41, 5.74) is 5.40. The fourth-order valence-electron chi connectivity index (χ4n) is 5.50. The first-order valence-corrected chi connectivity index (χ1v) is 13.4. The molecule has 1 aliphatic heterocycles. The predicted molar refractivity (Wildman–Crippen MR) is 154 cm³/mol. The number of nitrogens with one attached hydrogen (secondary N) is 3. The maximum absolute atomic E-state index is 13.6. The Balaban J connectivity index is 1.28. The second-order valence-corrected chi connectivity index (χ2v) is 10.3. The van der Waals surface area contributed by atoms with Crippen LogP contribution in [-0.2, 0) is 11.8 Å². The minimum atomic E-state index is -0.490. The summed E-state index contributed by atoms with van der Waals surface area (Å²) < 4.78 is 14.0. The summed E-state index contributed by atoms with van der Waals surface area (Å²) in [6.45, 7) is 4.65. The van der Waals surface area contributed by atoms with E-state index in [1.807, 2.05) is 62.6 Å². The Labute approximate surface area is 235 Å². The van der Waals surface area contributed by atoms with Gasteiger partial charge in [0, 0.05) is 57.0 Å². The summed E-state index contributed by atoms with van der Waals surface area (Å²) in [7, 11) is 3.54. The van der Waals surface area contributed by atoms with Gasteiger partial charge in [0.15, 0.2) is 5.58 Å². The number of nitrogens with zero attached hydrogens (tertiary/aromatic N) is 5. The molecule has 3 N–H and O–H groups in total. The SMILES string of the molecule is COCCN1C[C@@H](NC(=O)Nc2c(C)c(-c3cnn(C)c3)nn2-c2ccccc2)[C@H](c2ccc3oc(=O)[nH]c3c2)C1. The van der Waals surface area contributed by atoms with Crippen LogP contribution in [0.25, 0.3) is 28.0 Å². The molecule has 41 heavy (non-hydrogen) atoms. The normalized spacial score (nSPS) is 17.3. The molecule has 5 aromatic rings. The van der Waals surface area contributed by atoms with Crippen molar-refractivity contribution < 1.29 is 13.9 Å². The van der Waals surface area contributed by atoms with Crippen LogP contribution in [0, 0.1) is 6.92 Å². The number of aromatic amines is 1. The maximum Gasteiger partial charge on any atom is 0.417 e. The van der Waals surface area contributed by atoms with E-state index < -0.39 is 5.76 Å². The molecule has 1 aliphatic rings. The topological polar surface area (TPSA) is 135 Å². The smallest absolute Gasteiger partial charge is 0.408 e. The summed E-state index contributed by atoms with van der Waals surface area (Å²) >= 11 is 0. The fourth-order valence-corrected chi connectivity index (χ4v) is 5.50. The highest BCUT2D eigenvalue weighted by Gasteiger charge is 2.35. The van der Waals surface area contributed by atoms with Crippen LogP contribution >= 0.6 is 0 Å². The molecular formula is C29H32N8O4.